The molecule has 5 rings (SSSR count). The molecule has 1 aromatic heterocycles. The monoisotopic (exact) mass is 527 g/mol. The third-order valence-electron chi connectivity index (χ3n) is 6.46. The van der Waals surface area contributed by atoms with E-state index < -0.39 is 44.4 Å². The maximum atomic E-state index is 15.5. The summed E-state index contributed by atoms with van der Waals surface area (Å²) >= 11 is 0. The second-order valence-corrected chi connectivity index (χ2v) is 10.5. The van der Waals surface area contributed by atoms with Crippen LogP contribution in [0.3, 0.4) is 0 Å². The third-order valence-corrected chi connectivity index (χ3v) is 7.83. The highest BCUT2D eigenvalue weighted by atomic mass is 32.2. The molecule has 1 amide bonds. The highest BCUT2D eigenvalue weighted by molar-refractivity contribution is 7.92. The number of amides is 1. The van der Waals surface area contributed by atoms with E-state index in [1.165, 1.54) is 36.1 Å². The molecular formula is C27H24F3N3O3S. The number of allylic oxidation sites excluding steroid dienone is 4. The molecule has 1 N–H and O–H groups in total. The summed E-state index contributed by atoms with van der Waals surface area (Å²) < 4.78 is 71.4. The molecule has 0 bridgehead atoms. The fraction of sp³-hybridized carbons (Fsp3) is 0.185. The van der Waals surface area contributed by atoms with E-state index in [9.17, 15) is 22.0 Å². The van der Waals surface area contributed by atoms with Crippen LogP contribution >= 0.6 is 0 Å². The van der Waals surface area contributed by atoms with Crippen LogP contribution in [-0.2, 0) is 21.2 Å². The Bertz CT molecular complexity index is 1590. The van der Waals surface area contributed by atoms with E-state index in [0.29, 0.717) is 23.1 Å². The lowest BCUT2D eigenvalue weighted by Gasteiger charge is -2.37. The molecule has 0 aliphatic heterocycles. The predicted molar refractivity (Wildman–Crippen MR) is 136 cm³/mol. The Morgan fingerprint density at radius 3 is 2.59 bits per heavy atom. The van der Waals surface area contributed by atoms with E-state index in [1.807, 2.05) is 0 Å². The first-order chi connectivity index (χ1) is 17.6. The Balaban J connectivity index is 0.00000336. The van der Waals surface area contributed by atoms with Crippen molar-refractivity contribution < 1.29 is 27.8 Å². The summed E-state index contributed by atoms with van der Waals surface area (Å²) in [5, 5.41) is 0. The Labute approximate surface area is 213 Å². The minimum atomic E-state index is -4.50. The number of aryl methyl sites for hydroxylation is 1. The van der Waals surface area contributed by atoms with Crippen LogP contribution in [0, 0.1) is 17.6 Å². The van der Waals surface area contributed by atoms with Gasteiger partial charge in [-0.15, -0.1) is 0 Å². The molecule has 0 spiro atoms. The summed E-state index contributed by atoms with van der Waals surface area (Å²) in [7, 11) is -4.50. The number of halogens is 3. The van der Waals surface area contributed by atoms with Crippen molar-refractivity contribution in [1.82, 2.24) is 4.98 Å². The number of carbonyl (C=O) groups excluding carboxylic acids is 1. The minimum absolute atomic E-state index is 0. The van der Waals surface area contributed by atoms with E-state index in [-0.39, 0.29) is 12.9 Å². The zero-order valence-electron chi connectivity index (χ0n) is 19.7. The van der Waals surface area contributed by atoms with Crippen LogP contribution in [0.1, 0.15) is 43.9 Å². The highest BCUT2D eigenvalue weighted by Gasteiger charge is 2.33. The van der Waals surface area contributed by atoms with Gasteiger partial charge < -0.3 is 4.90 Å². The molecule has 2 aliphatic carbocycles. The molecule has 0 saturated carbocycles. The van der Waals surface area contributed by atoms with Crippen molar-refractivity contribution in [2.75, 3.05) is 9.62 Å². The summed E-state index contributed by atoms with van der Waals surface area (Å²) in [5.74, 6) is -3.15. The fourth-order valence-electron chi connectivity index (χ4n) is 4.78. The van der Waals surface area contributed by atoms with Crippen LogP contribution in [0.5, 0.6) is 0 Å². The number of anilines is 2. The molecule has 6 nitrogen and oxygen atoms in total. The van der Waals surface area contributed by atoms with Crippen molar-refractivity contribution in [3.05, 3.63) is 101 Å². The average Bonchev–Trinajstić information content (AvgIpc) is 2.79. The molecule has 1 unspecified atom stereocenters. The van der Waals surface area contributed by atoms with Gasteiger partial charge in [0.25, 0.3) is 10.0 Å². The lowest BCUT2D eigenvalue weighted by Crippen LogP contribution is -2.36. The molecule has 10 heteroatoms. The maximum Gasteiger partial charge on any atom is 0.265 e. The number of hydrogen-bond donors (Lipinski definition) is 1. The number of hydrogen-bond acceptors (Lipinski definition) is 4. The molecule has 192 valence electrons. The highest BCUT2D eigenvalue weighted by Crippen LogP contribution is 2.42. The van der Waals surface area contributed by atoms with Crippen LogP contribution in [0.4, 0.5) is 24.7 Å². The number of nitrogens with zero attached hydrogens (tertiary/aromatic N) is 2. The van der Waals surface area contributed by atoms with Gasteiger partial charge in [0, 0.05) is 13.9 Å². The van der Waals surface area contributed by atoms with Gasteiger partial charge in [0.1, 0.15) is 22.3 Å². The molecule has 2 aromatic carbocycles. The van der Waals surface area contributed by atoms with E-state index in [2.05, 4.69) is 9.71 Å². The predicted octanol–water partition coefficient (Wildman–Crippen LogP) is 5.93. The van der Waals surface area contributed by atoms with E-state index in [4.69, 9.17) is 0 Å². The van der Waals surface area contributed by atoms with E-state index in [1.54, 1.807) is 24.3 Å². The van der Waals surface area contributed by atoms with Crippen molar-refractivity contribution >= 4 is 33.0 Å². The van der Waals surface area contributed by atoms with Crippen molar-refractivity contribution in [3.8, 4) is 0 Å². The largest absolute Gasteiger partial charge is 0.304 e. The summed E-state index contributed by atoms with van der Waals surface area (Å²) in [6.45, 7) is 1.34. The molecule has 0 radical (unpaired) electrons. The normalized spacial score (nSPS) is 16.4. The quantitative estimate of drug-likeness (QED) is 0.403. The van der Waals surface area contributed by atoms with Crippen LogP contribution in [0.15, 0.2) is 71.7 Å². The molecule has 37 heavy (non-hydrogen) atoms. The zero-order chi connectivity index (χ0) is 26.3. The van der Waals surface area contributed by atoms with E-state index >= 15 is 4.39 Å². The van der Waals surface area contributed by atoms with Gasteiger partial charge in [0.2, 0.25) is 11.9 Å². The summed E-state index contributed by atoms with van der Waals surface area (Å²) in [4.78, 5) is 17.2. The van der Waals surface area contributed by atoms with Gasteiger partial charge in [-0.05, 0) is 72.4 Å². The second-order valence-electron chi connectivity index (χ2n) is 8.87. The van der Waals surface area contributed by atoms with Gasteiger partial charge in [-0.25, -0.2) is 22.2 Å². The Kier molecular flexibility index (Phi) is 6.36. The van der Waals surface area contributed by atoms with Crippen molar-refractivity contribution in [3.63, 3.8) is 0 Å². The first-order valence-electron chi connectivity index (χ1n) is 11.6. The number of carbonyl (C=O) groups is 1. The number of rotatable bonds is 6. The maximum absolute atomic E-state index is 15.5. The molecule has 0 fully saturated rings. The Morgan fingerprint density at radius 1 is 1.14 bits per heavy atom. The molecular weight excluding hydrogens is 503 g/mol. The first-order valence-corrected chi connectivity index (χ1v) is 13.1. The molecule has 2 aliphatic rings. The van der Waals surface area contributed by atoms with Crippen LogP contribution in [0.25, 0.3) is 5.57 Å². The summed E-state index contributed by atoms with van der Waals surface area (Å²) in [6.07, 6.45) is 7.14. The van der Waals surface area contributed by atoms with Gasteiger partial charge in [0.05, 0.1) is 11.7 Å². The van der Waals surface area contributed by atoms with Crippen LogP contribution < -0.4 is 9.62 Å². The minimum Gasteiger partial charge on any atom is -0.304 e. The first kappa shape index (κ1) is 24.8. The third kappa shape index (κ3) is 4.76. The standard InChI is InChI=1S/C27H22F3N3O3S.H2/c1-16(34)33(23-8-3-7-18-11-12-19(28)13-20(18)23)24-15-22(29)25(14-21(24)17-5-2-6-17)37(35,36)32-27-10-4-9-26(30)31-27;/h2,4-6,9-15,23H,3,7-8H2,1H3,(H,31,32);1H. The van der Waals surface area contributed by atoms with Crippen molar-refractivity contribution in [2.45, 2.75) is 37.1 Å². The van der Waals surface area contributed by atoms with Gasteiger partial charge in [-0.1, -0.05) is 30.4 Å². The number of aromatic nitrogens is 1. The zero-order valence-corrected chi connectivity index (χ0v) is 20.5. The van der Waals surface area contributed by atoms with Gasteiger partial charge in [0.15, 0.2) is 0 Å². The number of nitrogens with one attached hydrogen (secondary N) is 1. The fourth-order valence-corrected chi connectivity index (χ4v) is 5.87. The van der Waals surface area contributed by atoms with Crippen LogP contribution in [-0.4, -0.2) is 19.3 Å². The molecule has 0 saturated heterocycles. The lowest BCUT2D eigenvalue weighted by molar-refractivity contribution is -0.117. The molecule has 3 aromatic rings. The smallest absolute Gasteiger partial charge is 0.265 e. The van der Waals surface area contributed by atoms with Crippen LogP contribution in [0.2, 0.25) is 0 Å². The molecule has 1 atom stereocenters. The number of fused-ring (bicyclic) bond motifs is 1. The van der Waals surface area contributed by atoms with Crippen molar-refractivity contribution in [2.24, 2.45) is 0 Å². The van der Waals surface area contributed by atoms with Gasteiger partial charge in [-0.3, -0.25) is 9.52 Å². The summed E-state index contributed by atoms with van der Waals surface area (Å²) in [6, 6.07) is 9.60. The summed E-state index contributed by atoms with van der Waals surface area (Å²) in [5.41, 5.74) is 2.62. The van der Waals surface area contributed by atoms with E-state index in [0.717, 1.165) is 36.6 Å². The number of benzene rings is 2. The number of pyridine rings is 1. The van der Waals surface area contributed by atoms with Gasteiger partial charge >= 0.3 is 0 Å². The Morgan fingerprint density at radius 2 is 1.92 bits per heavy atom. The topological polar surface area (TPSA) is 79.4 Å². The Hall–Kier alpha value is -3.92. The van der Waals surface area contributed by atoms with Gasteiger partial charge in [-0.2, -0.15) is 4.39 Å². The second kappa shape index (κ2) is 9.51. The average molecular weight is 528 g/mol. The SMILES string of the molecule is CC(=O)N(c1cc(F)c(S(=O)(=O)Nc2cccc(F)n2)cc1C1=CC=C1)C1CCCc2ccc(F)cc21.[HH]. The number of sulfonamides is 1. The molecule has 1 heterocycles. The van der Waals surface area contributed by atoms with Crippen molar-refractivity contribution in [1.29, 1.82) is 0 Å². The lowest BCUT2D eigenvalue weighted by atomic mass is 9.85.